The Bertz CT molecular complexity index is 756. The van der Waals surface area contributed by atoms with Gasteiger partial charge in [-0.05, 0) is 38.0 Å². The number of anilines is 1. The molecular formula is C16H19N5O. The summed E-state index contributed by atoms with van der Waals surface area (Å²) in [5, 5.41) is 22.1. The van der Waals surface area contributed by atoms with Gasteiger partial charge in [0.15, 0.2) is 5.65 Å². The van der Waals surface area contributed by atoms with E-state index in [4.69, 9.17) is 0 Å². The van der Waals surface area contributed by atoms with Gasteiger partial charge in [-0.1, -0.05) is 30.3 Å². The first-order valence-electron chi connectivity index (χ1n) is 7.32. The number of benzene rings is 1. The largest absolute Gasteiger partial charge is 0.388 e. The summed E-state index contributed by atoms with van der Waals surface area (Å²) in [6.07, 6.45) is 0.0983. The predicted molar refractivity (Wildman–Crippen MR) is 84.6 cm³/mol. The van der Waals surface area contributed by atoms with Crippen molar-refractivity contribution in [1.82, 2.24) is 19.8 Å². The Hall–Kier alpha value is -2.47. The van der Waals surface area contributed by atoms with Gasteiger partial charge in [-0.25, -0.2) is 4.98 Å². The second-order valence-electron chi connectivity index (χ2n) is 5.43. The molecule has 2 heterocycles. The molecule has 0 amide bonds. The monoisotopic (exact) mass is 297 g/mol. The average molecular weight is 297 g/mol. The van der Waals surface area contributed by atoms with E-state index in [-0.39, 0.29) is 6.04 Å². The van der Waals surface area contributed by atoms with Crippen molar-refractivity contribution < 1.29 is 5.11 Å². The molecule has 0 fully saturated rings. The zero-order valence-corrected chi connectivity index (χ0v) is 12.6. The number of nitrogens with zero attached hydrogens (tertiary/aromatic N) is 4. The summed E-state index contributed by atoms with van der Waals surface area (Å²) >= 11 is 0. The molecule has 2 atom stereocenters. The summed E-state index contributed by atoms with van der Waals surface area (Å²) in [7, 11) is 0. The Kier molecular flexibility index (Phi) is 4.02. The SMILES string of the molecule is Cc1nc2ccc(N[C@@H](C)C[C@@H](O)c3ccccc3)nn2n1. The Balaban J connectivity index is 1.66. The fourth-order valence-corrected chi connectivity index (χ4v) is 2.42. The lowest BCUT2D eigenvalue weighted by Gasteiger charge is -2.18. The van der Waals surface area contributed by atoms with E-state index < -0.39 is 6.10 Å². The van der Waals surface area contributed by atoms with Crippen LogP contribution in [0.2, 0.25) is 0 Å². The summed E-state index contributed by atoms with van der Waals surface area (Å²) in [5.41, 5.74) is 1.64. The number of nitrogens with one attached hydrogen (secondary N) is 1. The zero-order valence-electron chi connectivity index (χ0n) is 12.6. The van der Waals surface area contributed by atoms with E-state index >= 15 is 0 Å². The Morgan fingerprint density at radius 3 is 2.68 bits per heavy atom. The van der Waals surface area contributed by atoms with E-state index in [0.717, 1.165) is 11.2 Å². The molecule has 3 rings (SSSR count). The van der Waals surface area contributed by atoms with E-state index in [0.29, 0.717) is 18.1 Å². The van der Waals surface area contributed by atoms with Crippen molar-refractivity contribution in [2.45, 2.75) is 32.4 Å². The highest BCUT2D eigenvalue weighted by atomic mass is 16.3. The van der Waals surface area contributed by atoms with Crippen molar-refractivity contribution in [3.05, 3.63) is 53.9 Å². The number of hydrogen-bond donors (Lipinski definition) is 2. The van der Waals surface area contributed by atoms with Crippen molar-refractivity contribution in [1.29, 1.82) is 0 Å². The molecule has 2 N–H and O–H groups in total. The molecule has 0 radical (unpaired) electrons. The van der Waals surface area contributed by atoms with Crippen molar-refractivity contribution in [2.75, 3.05) is 5.32 Å². The first kappa shape index (κ1) is 14.5. The van der Waals surface area contributed by atoms with Crippen molar-refractivity contribution in [3.63, 3.8) is 0 Å². The van der Waals surface area contributed by atoms with Crippen LogP contribution in [0.15, 0.2) is 42.5 Å². The minimum atomic E-state index is -0.499. The lowest BCUT2D eigenvalue weighted by Crippen LogP contribution is -2.20. The third-order valence-corrected chi connectivity index (χ3v) is 3.47. The molecule has 1 aromatic carbocycles. The maximum atomic E-state index is 10.3. The predicted octanol–water partition coefficient (Wildman–Crippen LogP) is 2.36. The van der Waals surface area contributed by atoms with Crippen LogP contribution < -0.4 is 5.32 Å². The lowest BCUT2D eigenvalue weighted by atomic mass is 10.0. The summed E-state index contributed by atoms with van der Waals surface area (Å²) in [5.74, 6) is 1.40. The standard InChI is InChI=1S/C16H19N5O/c1-11(10-14(22)13-6-4-3-5-7-13)17-15-8-9-16-18-12(2)19-21(16)20-15/h3-9,11,14,22H,10H2,1-2H3,(H,17,20)/t11-,14+/m0/s1. The van der Waals surface area contributed by atoms with Gasteiger partial charge in [0.05, 0.1) is 6.10 Å². The molecule has 114 valence electrons. The first-order valence-corrected chi connectivity index (χ1v) is 7.32. The van der Waals surface area contributed by atoms with Crippen LogP contribution in [-0.2, 0) is 0 Å². The highest BCUT2D eigenvalue weighted by Crippen LogP contribution is 2.19. The van der Waals surface area contributed by atoms with Gasteiger partial charge in [-0.15, -0.1) is 14.8 Å². The van der Waals surface area contributed by atoms with Crippen LogP contribution in [0.3, 0.4) is 0 Å². The van der Waals surface area contributed by atoms with Crippen LogP contribution in [0.25, 0.3) is 5.65 Å². The first-order chi connectivity index (χ1) is 10.6. The van der Waals surface area contributed by atoms with Crippen LogP contribution in [0.5, 0.6) is 0 Å². The normalized spacial score (nSPS) is 14.0. The average Bonchev–Trinajstić information content (AvgIpc) is 2.87. The fraction of sp³-hybridized carbons (Fsp3) is 0.312. The second-order valence-corrected chi connectivity index (χ2v) is 5.43. The third-order valence-electron chi connectivity index (χ3n) is 3.47. The van der Waals surface area contributed by atoms with Crippen molar-refractivity contribution in [2.24, 2.45) is 0 Å². The molecule has 0 saturated carbocycles. The van der Waals surface area contributed by atoms with Crippen molar-refractivity contribution in [3.8, 4) is 0 Å². The summed E-state index contributed by atoms with van der Waals surface area (Å²) in [4.78, 5) is 4.24. The fourth-order valence-electron chi connectivity index (χ4n) is 2.42. The number of aromatic nitrogens is 4. The van der Waals surface area contributed by atoms with Gasteiger partial charge in [0.25, 0.3) is 0 Å². The molecule has 0 unspecified atom stereocenters. The van der Waals surface area contributed by atoms with Gasteiger partial charge < -0.3 is 10.4 Å². The van der Waals surface area contributed by atoms with E-state index in [1.165, 1.54) is 4.63 Å². The molecule has 6 heteroatoms. The maximum Gasteiger partial charge on any atom is 0.176 e. The molecule has 22 heavy (non-hydrogen) atoms. The van der Waals surface area contributed by atoms with Gasteiger partial charge in [-0.3, -0.25) is 0 Å². The summed E-state index contributed by atoms with van der Waals surface area (Å²) in [6.45, 7) is 3.85. The number of rotatable bonds is 5. The quantitative estimate of drug-likeness (QED) is 0.756. The van der Waals surface area contributed by atoms with E-state index in [9.17, 15) is 5.11 Å². The smallest absolute Gasteiger partial charge is 0.176 e. The van der Waals surface area contributed by atoms with Crippen LogP contribution in [-0.4, -0.2) is 31.0 Å². The van der Waals surface area contributed by atoms with Gasteiger partial charge in [0, 0.05) is 6.04 Å². The van der Waals surface area contributed by atoms with E-state index in [2.05, 4.69) is 20.5 Å². The third kappa shape index (κ3) is 3.23. The zero-order chi connectivity index (χ0) is 15.5. The molecule has 0 bridgehead atoms. The van der Waals surface area contributed by atoms with Crippen LogP contribution in [0, 0.1) is 6.92 Å². The minimum Gasteiger partial charge on any atom is -0.388 e. The van der Waals surface area contributed by atoms with Crippen LogP contribution in [0.1, 0.15) is 30.8 Å². The van der Waals surface area contributed by atoms with Gasteiger partial charge >= 0.3 is 0 Å². The number of aryl methyl sites for hydroxylation is 1. The molecule has 0 saturated heterocycles. The molecule has 3 aromatic rings. The van der Waals surface area contributed by atoms with Gasteiger partial charge in [0.2, 0.25) is 0 Å². The van der Waals surface area contributed by atoms with E-state index in [1.807, 2.05) is 56.3 Å². The molecule has 0 aliphatic carbocycles. The summed E-state index contributed by atoms with van der Waals surface area (Å²) < 4.78 is 1.51. The number of fused-ring (bicyclic) bond motifs is 1. The number of hydrogen-bond acceptors (Lipinski definition) is 5. The molecular weight excluding hydrogens is 278 g/mol. The molecule has 0 aliphatic heterocycles. The minimum absolute atomic E-state index is 0.0739. The maximum absolute atomic E-state index is 10.3. The van der Waals surface area contributed by atoms with E-state index in [1.54, 1.807) is 0 Å². The molecule has 0 aliphatic rings. The van der Waals surface area contributed by atoms with Gasteiger partial charge in [0.1, 0.15) is 11.6 Å². The van der Waals surface area contributed by atoms with Gasteiger partial charge in [-0.2, -0.15) is 0 Å². The van der Waals surface area contributed by atoms with Crippen LogP contribution >= 0.6 is 0 Å². The van der Waals surface area contributed by atoms with Crippen LogP contribution in [0.4, 0.5) is 5.82 Å². The highest BCUT2D eigenvalue weighted by molar-refractivity contribution is 5.43. The Labute approximate surface area is 128 Å². The lowest BCUT2D eigenvalue weighted by molar-refractivity contribution is 0.162. The molecule has 2 aromatic heterocycles. The number of aliphatic hydroxyl groups excluding tert-OH is 1. The molecule has 6 nitrogen and oxygen atoms in total. The molecule has 0 spiro atoms. The Morgan fingerprint density at radius 2 is 1.91 bits per heavy atom. The van der Waals surface area contributed by atoms with Crippen molar-refractivity contribution >= 4 is 11.5 Å². The topological polar surface area (TPSA) is 75.3 Å². The Morgan fingerprint density at radius 1 is 1.14 bits per heavy atom. The second kappa shape index (κ2) is 6.11. The highest BCUT2D eigenvalue weighted by Gasteiger charge is 2.13. The summed E-state index contributed by atoms with van der Waals surface area (Å²) in [6, 6.07) is 13.5. The number of aliphatic hydroxyl groups is 1.